The van der Waals surface area contributed by atoms with Crippen LogP contribution in [0.4, 0.5) is 0 Å². The lowest BCUT2D eigenvalue weighted by Gasteiger charge is -2.08. The van der Waals surface area contributed by atoms with Gasteiger partial charge >= 0.3 is 0 Å². The van der Waals surface area contributed by atoms with E-state index in [0.717, 1.165) is 22.6 Å². The largest absolute Gasteiger partial charge is 0.496 e. The van der Waals surface area contributed by atoms with Crippen LogP contribution < -0.4 is 4.74 Å². The van der Waals surface area contributed by atoms with Crippen LogP contribution in [-0.4, -0.2) is 12.9 Å². The van der Waals surface area contributed by atoms with Crippen molar-refractivity contribution in [1.29, 1.82) is 0 Å². The molecular weight excluding hydrogens is 240 g/mol. The summed E-state index contributed by atoms with van der Waals surface area (Å²) in [5.74, 6) is 1.66. The van der Waals surface area contributed by atoms with Gasteiger partial charge in [0.15, 0.2) is 0 Å². The van der Waals surface area contributed by atoms with E-state index in [1.54, 1.807) is 7.11 Å². The Labute approximate surface area is 114 Å². The van der Waals surface area contributed by atoms with Crippen LogP contribution in [0.3, 0.4) is 0 Å². The van der Waals surface area contributed by atoms with Gasteiger partial charge in [0.25, 0.3) is 0 Å². The van der Waals surface area contributed by atoms with Gasteiger partial charge in [-0.05, 0) is 17.2 Å². The summed E-state index contributed by atoms with van der Waals surface area (Å²) in [6.45, 7) is 0. The van der Waals surface area contributed by atoms with Gasteiger partial charge in [-0.2, -0.15) is 12.6 Å². The molecule has 0 N–H and O–H groups in total. The lowest BCUT2D eigenvalue weighted by atomic mass is 10.0. The highest BCUT2D eigenvalue weighted by Crippen LogP contribution is 2.29. The Morgan fingerprint density at radius 1 is 1.06 bits per heavy atom. The Hall–Kier alpha value is -1.67. The third kappa shape index (κ3) is 2.96. The third-order valence-corrected chi connectivity index (χ3v) is 2.96. The maximum Gasteiger partial charge on any atom is 0.126 e. The monoisotopic (exact) mass is 256 g/mol. The maximum atomic E-state index is 5.37. The summed E-state index contributed by atoms with van der Waals surface area (Å²) in [7, 11) is 1.70. The summed E-state index contributed by atoms with van der Waals surface area (Å²) < 4.78 is 5.37. The number of para-hydroxylation sites is 1. The number of ether oxygens (including phenoxy) is 1. The molecule has 0 aliphatic heterocycles. The quantitative estimate of drug-likeness (QED) is 0.802. The van der Waals surface area contributed by atoms with Crippen molar-refractivity contribution in [2.75, 3.05) is 12.9 Å². The minimum atomic E-state index is 0.758. The van der Waals surface area contributed by atoms with Gasteiger partial charge in [0.2, 0.25) is 0 Å². The van der Waals surface area contributed by atoms with Crippen LogP contribution in [0.25, 0.3) is 17.2 Å². The number of rotatable bonds is 4. The number of hydrogen-bond donors (Lipinski definition) is 1. The molecule has 0 saturated heterocycles. The van der Waals surface area contributed by atoms with Gasteiger partial charge in [0, 0.05) is 11.3 Å². The fourth-order valence-corrected chi connectivity index (χ4v) is 1.95. The molecule has 0 fully saturated rings. The molecular formula is C16H16OS. The summed E-state index contributed by atoms with van der Waals surface area (Å²) in [5, 5.41) is 0. The first-order valence-corrected chi connectivity index (χ1v) is 6.49. The molecule has 0 aliphatic carbocycles. The number of methoxy groups -OCH3 is 1. The molecule has 0 heterocycles. The van der Waals surface area contributed by atoms with Crippen molar-refractivity contribution < 1.29 is 4.74 Å². The van der Waals surface area contributed by atoms with Crippen molar-refractivity contribution in [3.63, 3.8) is 0 Å². The van der Waals surface area contributed by atoms with Gasteiger partial charge in [-0.25, -0.2) is 0 Å². The molecule has 1 nitrogen and oxygen atoms in total. The average Bonchev–Trinajstić information content (AvgIpc) is 2.45. The molecule has 0 radical (unpaired) electrons. The van der Waals surface area contributed by atoms with Crippen LogP contribution >= 0.6 is 12.6 Å². The molecule has 0 bridgehead atoms. The van der Waals surface area contributed by atoms with Crippen LogP contribution in [0, 0.1) is 0 Å². The van der Waals surface area contributed by atoms with Gasteiger partial charge < -0.3 is 4.74 Å². The topological polar surface area (TPSA) is 9.23 Å². The fourth-order valence-electron chi connectivity index (χ4n) is 1.85. The van der Waals surface area contributed by atoms with Crippen LogP contribution in [0.2, 0.25) is 0 Å². The van der Waals surface area contributed by atoms with Crippen molar-refractivity contribution >= 4 is 18.7 Å². The average molecular weight is 256 g/mol. The molecule has 2 aromatic carbocycles. The number of benzene rings is 2. The highest BCUT2D eigenvalue weighted by molar-refractivity contribution is 7.80. The molecule has 0 aliphatic rings. The Bertz CT molecular complexity index is 529. The van der Waals surface area contributed by atoms with E-state index in [-0.39, 0.29) is 0 Å². The minimum absolute atomic E-state index is 0.758. The van der Waals surface area contributed by atoms with Gasteiger partial charge in [-0.15, -0.1) is 0 Å². The van der Waals surface area contributed by atoms with Gasteiger partial charge in [-0.3, -0.25) is 0 Å². The zero-order chi connectivity index (χ0) is 12.8. The van der Waals surface area contributed by atoms with Crippen LogP contribution in [0.15, 0.2) is 54.6 Å². The van der Waals surface area contributed by atoms with E-state index in [1.165, 1.54) is 5.56 Å². The van der Waals surface area contributed by atoms with E-state index in [2.05, 4.69) is 49.0 Å². The molecule has 0 unspecified atom stereocenters. The molecule has 0 spiro atoms. The standard InChI is InChI=1S/C16H16OS/c1-17-16-7-3-2-6-15(16)14-10-8-13(9-11-14)5-4-12-18/h2-11,18H,12H2,1H3. The van der Waals surface area contributed by atoms with Crippen molar-refractivity contribution in [3.05, 3.63) is 60.2 Å². The van der Waals surface area contributed by atoms with Gasteiger partial charge in [0.05, 0.1) is 7.11 Å². The predicted molar refractivity (Wildman–Crippen MR) is 81.3 cm³/mol. The Kier molecular flexibility index (Phi) is 4.48. The first-order chi connectivity index (χ1) is 8.85. The highest BCUT2D eigenvalue weighted by atomic mass is 32.1. The fraction of sp³-hybridized carbons (Fsp3) is 0.125. The van der Waals surface area contributed by atoms with E-state index in [0.29, 0.717) is 0 Å². The lowest BCUT2D eigenvalue weighted by molar-refractivity contribution is 0.416. The van der Waals surface area contributed by atoms with Crippen molar-refractivity contribution in [2.24, 2.45) is 0 Å². The molecule has 0 atom stereocenters. The molecule has 2 aromatic rings. The molecule has 18 heavy (non-hydrogen) atoms. The molecule has 0 saturated carbocycles. The van der Waals surface area contributed by atoms with Crippen molar-refractivity contribution in [1.82, 2.24) is 0 Å². The molecule has 2 rings (SSSR count). The molecule has 0 aromatic heterocycles. The summed E-state index contributed by atoms with van der Waals surface area (Å²) in [4.78, 5) is 0. The zero-order valence-corrected chi connectivity index (χ0v) is 11.2. The second-order valence-corrected chi connectivity index (χ2v) is 4.27. The van der Waals surface area contributed by atoms with E-state index in [1.807, 2.05) is 24.3 Å². The molecule has 92 valence electrons. The van der Waals surface area contributed by atoms with Crippen LogP contribution in [0.1, 0.15) is 5.56 Å². The SMILES string of the molecule is COc1ccccc1-c1ccc(C=CCS)cc1. The Balaban J connectivity index is 2.31. The predicted octanol–water partition coefficient (Wildman–Crippen LogP) is 4.31. The van der Waals surface area contributed by atoms with Crippen molar-refractivity contribution in [3.8, 4) is 16.9 Å². The van der Waals surface area contributed by atoms with E-state index in [4.69, 9.17) is 4.74 Å². The number of hydrogen-bond acceptors (Lipinski definition) is 2. The Morgan fingerprint density at radius 3 is 2.44 bits per heavy atom. The normalized spacial score (nSPS) is 10.8. The van der Waals surface area contributed by atoms with E-state index < -0.39 is 0 Å². The second-order valence-electron chi connectivity index (χ2n) is 3.91. The number of thiol groups is 1. The minimum Gasteiger partial charge on any atom is -0.496 e. The van der Waals surface area contributed by atoms with Gasteiger partial charge in [-0.1, -0.05) is 54.6 Å². The summed E-state index contributed by atoms with van der Waals surface area (Å²) in [6, 6.07) is 16.5. The summed E-state index contributed by atoms with van der Waals surface area (Å²) in [6.07, 6.45) is 4.10. The smallest absolute Gasteiger partial charge is 0.126 e. The van der Waals surface area contributed by atoms with Crippen LogP contribution in [0.5, 0.6) is 5.75 Å². The summed E-state index contributed by atoms with van der Waals surface area (Å²) >= 11 is 4.15. The first-order valence-electron chi connectivity index (χ1n) is 5.86. The summed E-state index contributed by atoms with van der Waals surface area (Å²) in [5.41, 5.74) is 3.46. The Morgan fingerprint density at radius 2 is 1.78 bits per heavy atom. The first kappa shape index (κ1) is 12.8. The lowest BCUT2D eigenvalue weighted by Crippen LogP contribution is -1.87. The zero-order valence-electron chi connectivity index (χ0n) is 10.3. The van der Waals surface area contributed by atoms with E-state index in [9.17, 15) is 0 Å². The van der Waals surface area contributed by atoms with Crippen molar-refractivity contribution in [2.45, 2.75) is 0 Å². The highest BCUT2D eigenvalue weighted by Gasteiger charge is 2.03. The second kappa shape index (κ2) is 6.31. The third-order valence-electron chi connectivity index (χ3n) is 2.74. The van der Waals surface area contributed by atoms with Crippen LogP contribution in [-0.2, 0) is 0 Å². The van der Waals surface area contributed by atoms with Gasteiger partial charge in [0.1, 0.15) is 5.75 Å². The van der Waals surface area contributed by atoms with E-state index >= 15 is 0 Å². The molecule has 2 heteroatoms. The molecule has 0 amide bonds. The maximum absolute atomic E-state index is 5.37.